The summed E-state index contributed by atoms with van der Waals surface area (Å²) in [7, 11) is 1.62. The fraction of sp³-hybridized carbons (Fsp3) is 0.217. The Balaban J connectivity index is 2.38. The van der Waals surface area contributed by atoms with E-state index < -0.39 is 0 Å². The van der Waals surface area contributed by atoms with Gasteiger partial charge in [0.1, 0.15) is 11.6 Å². The van der Waals surface area contributed by atoms with E-state index in [-0.39, 0.29) is 5.82 Å². The molecule has 0 aliphatic carbocycles. The van der Waals surface area contributed by atoms with Crippen molar-refractivity contribution in [3.63, 3.8) is 0 Å². The number of aryl methyl sites for hydroxylation is 2. The van der Waals surface area contributed by atoms with Crippen LogP contribution in [0.5, 0.6) is 5.75 Å². The minimum atomic E-state index is -0.198. The van der Waals surface area contributed by atoms with Gasteiger partial charge in [0.15, 0.2) is 0 Å². The van der Waals surface area contributed by atoms with Crippen LogP contribution >= 0.6 is 0 Å². The first-order valence-electron chi connectivity index (χ1n) is 8.59. The van der Waals surface area contributed by atoms with Gasteiger partial charge >= 0.3 is 0 Å². The lowest BCUT2D eigenvalue weighted by atomic mass is 9.85. The fourth-order valence-electron chi connectivity index (χ4n) is 3.57. The van der Waals surface area contributed by atoms with E-state index in [0.29, 0.717) is 11.3 Å². The fourth-order valence-corrected chi connectivity index (χ4v) is 3.57. The molecule has 0 fully saturated rings. The Hall–Kier alpha value is -2.61. The highest BCUT2D eigenvalue weighted by Gasteiger charge is 2.20. The third-order valence-electron chi connectivity index (χ3n) is 4.72. The number of benzene rings is 3. The van der Waals surface area contributed by atoms with E-state index in [1.54, 1.807) is 13.2 Å². The maximum atomic E-state index is 15.0. The van der Waals surface area contributed by atoms with Crippen LogP contribution in [0.4, 0.5) is 4.39 Å². The number of hydrogen-bond acceptors (Lipinski definition) is 1. The van der Waals surface area contributed by atoms with Gasteiger partial charge in [-0.2, -0.15) is 0 Å². The lowest BCUT2D eigenvalue weighted by Crippen LogP contribution is -2.01. The van der Waals surface area contributed by atoms with E-state index in [9.17, 15) is 0 Å². The van der Waals surface area contributed by atoms with E-state index in [2.05, 4.69) is 26.0 Å². The molecule has 3 aromatic rings. The predicted molar refractivity (Wildman–Crippen MR) is 103 cm³/mol. The van der Waals surface area contributed by atoms with Crippen LogP contribution in [-0.4, -0.2) is 7.11 Å². The molecule has 0 spiro atoms. The van der Waals surface area contributed by atoms with E-state index in [1.807, 2.05) is 43.3 Å². The normalized spacial score (nSPS) is 10.8. The van der Waals surface area contributed by atoms with Gasteiger partial charge in [-0.3, -0.25) is 0 Å². The molecule has 0 aliphatic rings. The topological polar surface area (TPSA) is 9.23 Å². The number of hydrogen-bond donors (Lipinski definition) is 0. The molecule has 0 N–H and O–H groups in total. The maximum absolute atomic E-state index is 15.0. The average molecular weight is 334 g/mol. The summed E-state index contributed by atoms with van der Waals surface area (Å²) in [5.74, 6) is 0.492. The van der Waals surface area contributed by atoms with Crippen LogP contribution in [0.2, 0.25) is 0 Å². The molecule has 2 heteroatoms. The van der Waals surface area contributed by atoms with Crippen molar-refractivity contribution in [2.75, 3.05) is 7.11 Å². The van der Waals surface area contributed by atoms with Crippen LogP contribution in [-0.2, 0) is 6.42 Å². The summed E-state index contributed by atoms with van der Waals surface area (Å²) >= 11 is 0. The molecule has 25 heavy (non-hydrogen) atoms. The van der Waals surface area contributed by atoms with E-state index >= 15 is 4.39 Å². The zero-order valence-corrected chi connectivity index (χ0v) is 15.2. The van der Waals surface area contributed by atoms with Gasteiger partial charge in [0, 0.05) is 11.1 Å². The largest absolute Gasteiger partial charge is 0.496 e. The quantitative estimate of drug-likeness (QED) is 0.540. The second kappa shape index (κ2) is 7.10. The van der Waals surface area contributed by atoms with Crippen LogP contribution in [0.25, 0.3) is 22.3 Å². The molecule has 0 radical (unpaired) electrons. The summed E-state index contributed by atoms with van der Waals surface area (Å²) in [6, 6.07) is 17.5. The number of ether oxygens (including phenoxy) is 1. The first-order valence-corrected chi connectivity index (χ1v) is 8.59. The van der Waals surface area contributed by atoms with Crippen LogP contribution in [0.15, 0.2) is 54.6 Å². The Morgan fingerprint density at radius 1 is 0.840 bits per heavy atom. The first kappa shape index (κ1) is 17.2. The van der Waals surface area contributed by atoms with E-state index in [0.717, 1.165) is 34.2 Å². The van der Waals surface area contributed by atoms with Crippen molar-refractivity contribution in [3.05, 3.63) is 77.1 Å². The van der Waals surface area contributed by atoms with Crippen molar-refractivity contribution in [3.8, 4) is 28.0 Å². The molecular formula is C23H23FO. The van der Waals surface area contributed by atoms with Crippen molar-refractivity contribution < 1.29 is 9.13 Å². The van der Waals surface area contributed by atoms with Gasteiger partial charge in [0.05, 0.1) is 7.11 Å². The summed E-state index contributed by atoms with van der Waals surface area (Å²) in [5.41, 5.74) is 6.91. The Bertz CT molecular complexity index is 912. The van der Waals surface area contributed by atoms with Gasteiger partial charge in [-0.1, -0.05) is 49.4 Å². The summed E-state index contributed by atoms with van der Waals surface area (Å²) in [5, 5.41) is 0. The molecule has 0 saturated heterocycles. The van der Waals surface area contributed by atoms with E-state index in [4.69, 9.17) is 4.74 Å². The predicted octanol–water partition coefficient (Wildman–Crippen LogP) is 6.35. The third kappa shape index (κ3) is 3.05. The van der Waals surface area contributed by atoms with Gasteiger partial charge in [-0.15, -0.1) is 0 Å². The minimum Gasteiger partial charge on any atom is -0.496 e. The molecule has 1 nitrogen and oxygen atoms in total. The van der Waals surface area contributed by atoms with E-state index in [1.165, 1.54) is 5.56 Å². The molecule has 0 heterocycles. The van der Waals surface area contributed by atoms with Gasteiger partial charge in [0.25, 0.3) is 0 Å². The molecule has 0 bridgehead atoms. The van der Waals surface area contributed by atoms with Gasteiger partial charge in [-0.25, -0.2) is 4.39 Å². The maximum Gasteiger partial charge on any atom is 0.131 e. The number of rotatable bonds is 4. The molecule has 0 aliphatic heterocycles. The number of para-hydroxylation sites is 1. The van der Waals surface area contributed by atoms with Crippen LogP contribution in [0, 0.1) is 19.7 Å². The Kier molecular flexibility index (Phi) is 4.89. The second-order valence-electron chi connectivity index (χ2n) is 6.27. The monoisotopic (exact) mass is 334 g/mol. The number of methoxy groups -OCH3 is 1. The zero-order chi connectivity index (χ0) is 18.0. The zero-order valence-electron chi connectivity index (χ0n) is 15.2. The second-order valence-corrected chi connectivity index (χ2v) is 6.27. The molecule has 0 atom stereocenters. The molecule has 0 amide bonds. The summed E-state index contributed by atoms with van der Waals surface area (Å²) in [4.78, 5) is 0. The summed E-state index contributed by atoms with van der Waals surface area (Å²) in [6.07, 6.45) is 0.746. The van der Waals surface area contributed by atoms with Crippen molar-refractivity contribution in [1.82, 2.24) is 0 Å². The minimum absolute atomic E-state index is 0.198. The highest BCUT2D eigenvalue weighted by Crippen LogP contribution is 2.41. The smallest absolute Gasteiger partial charge is 0.131 e. The number of halogens is 1. The Morgan fingerprint density at radius 2 is 1.48 bits per heavy atom. The molecule has 3 rings (SSSR count). The summed E-state index contributed by atoms with van der Waals surface area (Å²) < 4.78 is 20.5. The highest BCUT2D eigenvalue weighted by atomic mass is 19.1. The molecule has 0 aromatic heterocycles. The summed E-state index contributed by atoms with van der Waals surface area (Å²) in [6.45, 7) is 6.16. The van der Waals surface area contributed by atoms with Crippen LogP contribution in [0.3, 0.4) is 0 Å². The van der Waals surface area contributed by atoms with Crippen molar-refractivity contribution in [2.45, 2.75) is 27.2 Å². The van der Waals surface area contributed by atoms with Gasteiger partial charge < -0.3 is 4.74 Å². The lowest BCUT2D eigenvalue weighted by Gasteiger charge is -2.20. The third-order valence-corrected chi connectivity index (χ3v) is 4.72. The van der Waals surface area contributed by atoms with Crippen molar-refractivity contribution in [2.24, 2.45) is 0 Å². The Morgan fingerprint density at radius 3 is 2.12 bits per heavy atom. The van der Waals surface area contributed by atoms with Crippen molar-refractivity contribution >= 4 is 0 Å². The van der Waals surface area contributed by atoms with Gasteiger partial charge in [0.2, 0.25) is 0 Å². The lowest BCUT2D eigenvalue weighted by molar-refractivity contribution is 0.416. The molecular weight excluding hydrogens is 311 g/mol. The standard InChI is InChI=1S/C23H23FO/c1-5-17-22(18-11-7-6-10-15(18)2)16(3)14-20(24)23(17)19-12-8-9-13-21(19)25-4/h6-14H,5H2,1-4H3. The molecule has 128 valence electrons. The SMILES string of the molecule is CCc1c(-c2ccccc2C)c(C)cc(F)c1-c1ccccc1OC. The van der Waals surface area contributed by atoms with Crippen molar-refractivity contribution in [1.29, 1.82) is 0 Å². The molecule has 0 unspecified atom stereocenters. The Labute approximate surface area is 149 Å². The average Bonchev–Trinajstić information content (AvgIpc) is 2.62. The first-order chi connectivity index (χ1) is 12.1. The highest BCUT2D eigenvalue weighted by molar-refractivity contribution is 5.84. The van der Waals surface area contributed by atoms with Crippen LogP contribution < -0.4 is 4.74 Å². The molecule has 0 saturated carbocycles. The van der Waals surface area contributed by atoms with Gasteiger partial charge in [-0.05, 0) is 60.2 Å². The van der Waals surface area contributed by atoms with Crippen LogP contribution in [0.1, 0.15) is 23.6 Å². The molecule has 3 aromatic carbocycles.